The summed E-state index contributed by atoms with van der Waals surface area (Å²) in [5, 5.41) is 12.2. The molecule has 0 spiro atoms. The van der Waals surface area contributed by atoms with Crippen molar-refractivity contribution in [1.29, 1.82) is 0 Å². The largest absolute Gasteiger partial charge is 0.372 e. The summed E-state index contributed by atoms with van der Waals surface area (Å²) in [5.74, 6) is 0.363. The van der Waals surface area contributed by atoms with Gasteiger partial charge in [-0.1, -0.05) is 42.5 Å². The monoisotopic (exact) mass is 346 g/mol. The summed E-state index contributed by atoms with van der Waals surface area (Å²) < 4.78 is 0. The van der Waals surface area contributed by atoms with Crippen molar-refractivity contribution in [3.63, 3.8) is 0 Å². The smallest absolute Gasteiger partial charge is 0.263 e. The van der Waals surface area contributed by atoms with Crippen LogP contribution >= 0.6 is 0 Å². The maximum absolute atomic E-state index is 4.43. The molecule has 0 aliphatic carbocycles. The van der Waals surface area contributed by atoms with E-state index in [4.69, 9.17) is 0 Å². The van der Waals surface area contributed by atoms with E-state index in [0.717, 1.165) is 29.9 Å². The zero-order valence-corrected chi connectivity index (χ0v) is 15.0. The number of nitrogens with one attached hydrogen (secondary N) is 1. The van der Waals surface area contributed by atoms with E-state index < -0.39 is 0 Å². The number of rotatable bonds is 7. The summed E-state index contributed by atoms with van der Waals surface area (Å²) in [6.45, 7) is 6.29. The van der Waals surface area contributed by atoms with Gasteiger partial charge < -0.3 is 4.90 Å². The molecular weight excluding hydrogens is 324 g/mol. The molecule has 3 aromatic rings. The second kappa shape index (κ2) is 8.71. The SMILES string of the molecule is CCN(CC)c1ccc(C=NNc2nncc(-c3ccccc3)n2)cc1. The first-order chi connectivity index (χ1) is 12.8. The van der Waals surface area contributed by atoms with Crippen molar-refractivity contribution in [3.05, 3.63) is 66.4 Å². The average molecular weight is 346 g/mol. The van der Waals surface area contributed by atoms with Crippen molar-refractivity contribution >= 4 is 17.9 Å². The zero-order chi connectivity index (χ0) is 18.2. The highest BCUT2D eigenvalue weighted by Gasteiger charge is 2.02. The van der Waals surface area contributed by atoms with Crippen LogP contribution in [0.2, 0.25) is 0 Å². The van der Waals surface area contributed by atoms with E-state index in [-0.39, 0.29) is 0 Å². The van der Waals surface area contributed by atoms with E-state index >= 15 is 0 Å². The Morgan fingerprint density at radius 2 is 1.73 bits per heavy atom. The van der Waals surface area contributed by atoms with E-state index in [9.17, 15) is 0 Å². The zero-order valence-electron chi connectivity index (χ0n) is 15.0. The molecule has 0 fully saturated rings. The van der Waals surface area contributed by atoms with E-state index in [1.165, 1.54) is 5.69 Å². The predicted molar refractivity (Wildman–Crippen MR) is 106 cm³/mol. The fraction of sp³-hybridized carbons (Fsp3) is 0.200. The van der Waals surface area contributed by atoms with Gasteiger partial charge in [0.15, 0.2) is 0 Å². The van der Waals surface area contributed by atoms with Crippen LogP contribution in [0.1, 0.15) is 19.4 Å². The van der Waals surface area contributed by atoms with E-state index in [1.54, 1.807) is 12.4 Å². The summed E-state index contributed by atoms with van der Waals surface area (Å²) in [4.78, 5) is 6.73. The molecule has 1 aromatic heterocycles. The number of hydrazone groups is 1. The highest BCUT2D eigenvalue weighted by Crippen LogP contribution is 2.16. The third-order valence-corrected chi connectivity index (χ3v) is 4.03. The van der Waals surface area contributed by atoms with Crippen molar-refractivity contribution < 1.29 is 0 Å². The topological polar surface area (TPSA) is 66.3 Å². The number of anilines is 2. The van der Waals surface area contributed by atoms with Crippen LogP contribution in [0.15, 0.2) is 65.9 Å². The first-order valence-corrected chi connectivity index (χ1v) is 8.69. The Labute approximate surface area is 153 Å². The number of hydrogen-bond acceptors (Lipinski definition) is 6. The summed E-state index contributed by atoms with van der Waals surface area (Å²) in [6.07, 6.45) is 3.38. The molecule has 3 rings (SSSR count). The van der Waals surface area contributed by atoms with E-state index in [2.05, 4.69) is 56.6 Å². The van der Waals surface area contributed by atoms with Crippen LogP contribution in [0.3, 0.4) is 0 Å². The molecule has 1 N–H and O–H groups in total. The molecule has 6 nitrogen and oxygen atoms in total. The molecular formula is C20H22N6. The molecule has 0 bridgehead atoms. The maximum Gasteiger partial charge on any atom is 0.263 e. The van der Waals surface area contributed by atoms with Crippen LogP contribution in [0.4, 0.5) is 11.6 Å². The summed E-state index contributed by atoms with van der Waals surface area (Å²) in [5.41, 5.74) is 6.79. The molecule has 0 radical (unpaired) electrons. The van der Waals surface area contributed by atoms with Crippen LogP contribution < -0.4 is 10.3 Å². The van der Waals surface area contributed by atoms with Gasteiger partial charge in [0.1, 0.15) is 0 Å². The molecule has 0 aliphatic heterocycles. The average Bonchev–Trinajstić information content (AvgIpc) is 2.71. The number of nitrogens with zero attached hydrogens (tertiary/aromatic N) is 5. The van der Waals surface area contributed by atoms with Gasteiger partial charge in [0.25, 0.3) is 5.95 Å². The van der Waals surface area contributed by atoms with Crippen molar-refractivity contribution in [2.45, 2.75) is 13.8 Å². The summed E-state index contributed by atoms with van der Waals surface area (Å²) >= 11 is 0. The van der Waals surface area contributed by atoms with E-state index in [0.29, 0.717) is 5.95 Å². The first-order valence-electron chi connectivity index (χ1n) is 8.69. The maximum atomic E-state index is 4.43. The lowest BCUT2D eigenvalue weighted by molar-refractivity contribution is 0.866. The third-order valence-electron chi connectivity index (χ3n) is 4.03. The van der Waals surface area contributed by atoms with E-state index in [1.807, 2.05) is 42.5 Å². The molecule has 0 aliphatic rings. The molecule has 0 saturated heterocycles. The minimum Gasteiger partial charge on any atom is -0.372 e. The molecule has 0 amide bonds. The second-order valence-electron chi connectivity index (χ2n) is 5.67. The normalized spacial score (nSPS) is 10.8. The minimum atomic E-state index is 0.363. The molecule has 132 valence electrons. The number of benzene rings is 2. The standard InChI is InChI=1S/C20H22N6/c1-3-26(4-2)18-12-10-16(11-13-18)14-21-24-20-23-19(15-22-25-20)17-8-6-5-7-9-17/h5-15H,3-4H2,1-2H3,(H,23,24,25). The van der Waals surface area contributed by atoms with Gasteiger partial charge in [-0.3, -0.25) is 0 Å². The van der Waals surface area contributed by atoms with Crippen LogP contribution in [-0.4, -0.2) is 34.5 Å². The van der Waals surface area contributed by atoms with Crippen molar-refractivity contribution in [2.24, 2.45) is 5.10 Å². The van der Waals surface area contributed by atoms with Gasteiger partial charge in [-0.05, 0) is 31.5 Å². The Morgan fingerprint density at radius 1 is 1.00 bits per heavy atom. The number of aromatic nitrogens is 3. The Bertz CT molecular complexity index is 842. The summed E-state index contributed by atoms with van der Waals surface area (Å²) in [6, 6.07) is 18.1. The first kappa shape index (κ1) is 17.5. The molecule has 0 unspecified atom stereocenters. The quantitative estimate of drug-likeness (QED) is 0.520. The second-order valence-corrected chi connectivity index (χ2v) is 5.67. The Hall–Kier alpha value is -3.28. The molecule has 2 aromatic carbocycles. The Morgan fingerprint density at radius 3 is 2.42 bits per heavy atom. The Kier molecular flexibility index (Phi) is 5.88. The van der Waals surface area contributed by atoms with Gasteiger partial charge in [-0.15, -0.1) is 5.10 Å². The molecule has 1 heterocycles. The van der Waals surface area contributed by atoms with Gasteiger partial charge in [0.2, 0.25) is 0 Å². The lowest BCUT2D eigenvalue weighted by Crippen LogP contribution is -2.21. The molecule has 0 saturated carbocycles. The van der Waals surface area contributed by atoms with Crippen molar-refractivity contribution in [1.82, 2.24) is 15.2 Å². The van der Waals surface area contributed by atoms with Crippen molar-refractivity contribution in [3.8, 4) is 11.3 Å². The van der Waals surface area contributed by atoms with Crippen LogP contribution in [-0.2, 0) is 0 Å². The lowest BCUT2D eigenvalue weighted by Gasteiger charge is -2.20. The summed E-state index contributed by atoms with van der Waals surface area (Å²) in [7, 11) is 0. The predicted octanol–water partition coefficient (Wildman–Crippen LogP) is 3.83. The van der Waals surface area contributed by atoms with Crippen molar-refractivity contribution in [2.75, 3.05) is 23.4 Å². The van der Waals surface area contributed by atoms with Crippen LogP contribution in [0.5, 0.6) is 0 Å². The Balaban J connectivity index is 1.65. The van der Waals surface area contributed by atoms with Gasteiger partial charge in [0, 0.05) is 24.3 Å². The highest BCUT2D eigenvalue weighted by molar-refractivity contribution is 5.80. The fourth-order valence-corrected chi connectivity index (χ4v) is 2.62. The highest BCUT2D eigenvalue weighted by atomic mass is 15.4. The number of hydrogen-bond donors (Lipinski definition) is 1. The minimum absolute atomic E-state index is 0.363. The van der Waals surface area contributed by atoms with Crippen LogP contribution in [0.25, 0.3) is 11.3 Å². The van der Waals surface area contributed by atoms with Crippen LogP contribution in [0, 0.1) is 0 Å². The molecule has 0 atom stereocenters. The molecule has 6 heteroatoms. The molecule has 26 heavy (non-hydrogen) atoms. The van der Waals surface area contributed by atoms with Gasteiger partial charge >= 0.3 is 0 Å². The fourth-order valence-electron chi connectivity index (χ4n) is 2.62. The van der Waals surface area contributed by atoms with Gasteiger partial charge in [0.05, 0.1) is 18.1 Å². The third kappa shape index (κ3) is 4.42. The lowest BCUT2D eigenvalue weighted by atomic mass is 10.2. The van der Waals surface area contributed by atoms with Gasteiger partial charge in [-0.25, -0.2) is 10.4 Å². The van der Waals surface area contributed by atoms with Gasteiger partial charge in [-0.2, -0.15) is 10.2 Å².